The highest BCUT2D eigenvalue weighted by atomic mass is 79.9. The fraction of sp³-hybridized carbons (Fsp3) is 0.625. The number of nitrogens with zero attached hydrogens (tertiary/aromatic N) is 2. The molecular weight excluding hydrogens is 350 g/mol. The van der Waals surface area contributed by atoms with Gasteiger partial charge in [0.2, 0.25) is 0 Å². The first-order valence-corrected chi connectivity index (χ1v) is 8.64. The number of nitrogens with two attached hydrogens (primary N) is 1. The molecule has 0 aromatic heterocycles. The molecular formula is C16H25BrClN3. The Hall–Kier alpha value is -0.130. The molecule has 1 aliphatic rings. The average Bonchev–Trinajstić information content (AvgIpc) is 2.43. The van der Waals surface area contributed by atoms with Crippen LogP contribution < -0.4 is 5.73 Å². The normalized spacial score (nSPS) is 19.7. The van der Waals surface area contributed by atoms with Crippen LogP contribution in [0.25, 0.3) is 0 Å². The van der Waals surface area contributed by atoms with E-state index in [2.05, 4.69) is 58.6 Å². The van der Waals surface area contributed by atoms with Crippen LogP contribution in [0.5, 0.6) is 0 Å². The lowest BCUT2D eigenvalue weighted by Gasteiger charge is -2.44. The highest BCUT2D eigenvalue weighted by Gasteiger charge is 2.29. The lowest BCUT2D eigenvalue weighted by molar-refractivity contribution is 0.0433. The van der Waals surface area contributed by atoms with E-state index < -0.39 is 0 Å². The minimum Gasteiger partial charge on any atom is -0.329 e. The summed E-state index contributed by atoms with van der Waals surface area (Å²) in [5.41, 5.74) is 7.52. The summed E-state index contributed by atoms with van der Waals surface area (Å²) in [6.07, 6.45) is 0. The first-order valence-electron chi connectivity index (χ1n) is 7.47. The first-order chi connectivity index (χ1) is 9.82. The van der Waals surface area contributed by atoms with Gasteiger partial charge in [-0.2, -0.15) is 0 Å². The zero-order valence-corrected chi connectivity index (χ0v) is 15.4. The second kappa shape index (κ2) is 6.97. The molecule has 5 heteroatoms. The monoisotopic (exact) mass is 373 g/mol. The molecule has 2 rings (SSSR count). The summed E-state index contributed by atoms with van der Waals surface area (Å²) < 4.78 is 0.938. The first kappa shape index (κ1) is 17.2. The van der Waals surface area contributed by atoms with Gasteiger partial charge in [0, 0.05) is 48.8 Å². The molecule has 1 fully saturated rings. The highest BCUT2D eigenvalue weighted by Crippen LogP contribution is 2.29. The second-order valence-corrected chi connectivity index (χ2v) is 7.88. The molecule has 0 saturated carbocycles. The Balaban J connectivity index is 2.07. The Morgan fingerprint density at radius 3 is 2.33 bits per heavy atom. The van der Waals surface area contributed by atoms with Crippen molar-refractivity contribution < 1.29 is 0 Å². The lowest BCUT2D eigenvalue weighted by atomic mass is 10.0. The number of hydrogen-bond donors (Lipinski definition) is 1. The molecule has 0 spiro atoms. The Morgan fingerprint density at radius 1 is 1.24 bits per heavy atom. The van der Waals surface area contributed by atoms with Crippen LogP contribution in [-0.2, 0) is 0 Å². The summed E-state index contributed by atoms with van der Waals surface area (Å²) in [5, 5.41) is 0.743. The molecule has 21 heavy (non-hydrogen) atoms. The topological polar surface area (TPSA) is 32.5 Å². The van der Waals surface area contributed by atoms with E-state index in [0.29, 0.717) is 6.54 Å². The molecule has 1 saturated heterocycles. The van der Waals surface area contributed by atoms with Gasteiger partial charge in [0.15, 0.2) is 0 Å². The average molecular weight is 375 g/mol. The molecule has 118 valence electrons. The van der Waals surface area contributed by atoms with Gasteiger partial charge in [-0.15, -0.1) is 0 Å². The van der Waals surface area contributed by atoms with Crippen LogP contribution in [0.1, 0.15) is 32.4 Å². The standard InChI is InChI=1S/C16H25BrClN3/c1-16(2,3)21-8-6-20(7-9-21)15(11-19)12-4-5-14(18)13(17)10-12/h4-5,10,15H,6-9,11,19H2,1-3H3. The van der Waals surface area contributed by atoms with Crippen molar-refractivity contribution in [2.45, 2.75) is 32.4 Å². The quantitative estimate of drug-likeness (QED) is 0.878. The molecule has 1 aromatic carbocycles. The second-order valence-electron chi connectivity index (χ2n) is 6.62. The fourth-order valence-electron chi connectivity index (χ4n) is 2.92. The van der Waals surface area contributed by atoms with Crippen LogP contribution in [0.2, 0.25) is 5.02 Å². The van der Waals surface area contributed by atoms with Crippen LogP contribution in [0.15, 0.2) is 22.7 Å². The van der Waals surface area contributed by atoms with Gasteiger partial charge in [0.05, 0.1) is 5.02 Å². The lowest BCUT2D eigenvalue weighted by Crippen LogP contribution is -2.54. The van der Waals surface area contributed by atoms with Gasteiger partial charge in [0.1, 0.15) is 0 Å². The minimum atomic E-state index is 0.244. The van der Waals surface area contributed by atoms with Crippen molar-refractivity contribution in [3.05, 3.63) is 33.3 Å². The summed E-state index contributed by atoms with van der Waals surface area (Å²) in [4.78, 5) is 5.02. The summed E-state index contributed by atoms with van der Waals surface area (Å²) in [6.45, 7) is 11.8. The Bertz CT molecular complexity index is 479. The van der Waals surface area contributed by atoms with Crippen LogP contribution in [0.4, 0.5) is 0 Å². The van der Waals surface area contributed by atoms with E-state index in [1.165, 1.54) is 5.56 Å². The zero-order valence-electron chi connectivity index (χ0n) is 13.1. The summed E-state index contributed by atoms with van der Waals surface area (Å²) in [5.74, 6) is 0. The minimum absolute atomic E-state index is 0.244. The van der Waals surface area contributed by atoms with E-state index in [4.69, 9.17) is 17.3 Å². The van der Waals surface area contributed by atoms with Crippen molar-refractivity contribution in [3.63, 3.8) is 0 Å². The number of halogens is 2. The van der Waals surface area contributed by atoms with Gasteiger partial charge in [-0.05, 0) is 54.4 Å². The molecule has 1 aromatic rings. The maximum Gasteiger partial charge on any atom is 0.0548 e. The van der Waals surface area contributed by atoms with Gasteiger partial charge in [-0.1, -0.05) is 17.7 Å². The van der Waals surface area contributed by atoms with Gasteiger partial charge >= 0.3 is 0 Å². The van der Waals surface area contributed by atoms with E-state index in [9.17, 15) is 0 Å². The fourth-order valence-corrected chi connectivity index (χ4v) is 3.43. The van der Waals surface area contributed by atoms with Crippen molar-refractivity contribution in [3.8, 4) is 0 Å². The van der Waals surface area contributed by atoms with Crippen LogP contribution in [0.3, 0.4) is 0 Å². The number of benzene rings is 1. The summed E-state index contributed by atoms with van der Waals surface area (Å²) in [7, 11) is 0. The third-order valence-corrected chi connectivity index (χ3v) is 5.47. The van der Waals surface area contributed by atoms with E-state index >= 15 is 0 Å². The van der Waals surface area contributed by atoms with Crippen molar-refractivity contribution in [2.75, 3.05) is 32.7 Å². The number of hydrogen-bond acceptors (Lipinski definition) is 3. The van der Waals surface area contributed by atoms with E-state index in [1.807, 2.05) is 6.07 Å². The summed E-state index contributed by atoms with van der Waals surface area (Å²) in [6, 6.07) is 6.38. The molecule has 2 N–H and O–H groups in total. The molecule has 1 unspecified atom stereocenters. The molecule has 1 heterocycles. The predicted molar refractivity (Wildman–Crippen MR) is 93.8 cm³/mol. The van der Waals surface area contributed by atoms with E-state index in [-0.39, 0.29) is 11.6 Å². The van der Waals surface area contributed by atoms with E-state index in [0.717, 1.165) is 35.7 Å². The van der Waals surface area contributed by atoms with Crippen molar-refractivity contribution >= 4 is 27.5 Å². The molecule has 0 aliphatic carbocycles. The van der Waals surface area contributed by atoms with Crippen LogP contribution in [0, 0.1) is 0 Å². The largest absolute Gasteiger partial charge is 0.329 e. The molecule has 0 amide bonds. The summed E-state index contributed by atoms with van der Waals surface area (Å²) >= 11 is 9.59. The van der Waals surface area contributed by atoms with Crippen LogP contribution in [-0.4, -0.2) is 48.1 Å². The van der Waals surface area contributed by atoms with Gasteiger partial charge in [0.25, 0.3) is 0 Å². The smallest absolute Gasteiger partial charge is 0.0548 e. The van der Waals surface area contributed by atoms with Crippen molar-refractivity contribution in [1.82, 2.24) is 9.80 Å². The van der Waals surface area contributed by atoms with Crippen LogP contribution >= 0.6 is 27.5 Å². The molecule has 1 atom stereocenters. The number of rotatable bonds is 3. The predicted octanol–water partition coefficient (Wildman–Crippen LogP) is 3.52. The highest BCUT2D eigenvalue weighted by molar-refractivity contribution is 9.10. The third kappa shape index (κ3) is 4.20. The maximum atomic E-state index is 6.09. The zero-order chi connectivity index (χ0) is 15.6. The Morgan fingerprint density at radius 2 is 1.86 bits per heavy atom. The van der Waals surface area contributed by atoms with Gasteiger partial charge < -0.3 is 5.73 Å². The molecule has 0 bridgehead atoms. The van der Waals surface area contributed by atoms with Crippen molar-refractivity contribution in [2.24, 2.45) is 5.73 Å². The van der Waals surface area contributed by atoms with Gasteiger partial charge in [-0.25, -0.2) is 0 Å². The molecule has 0 radical (unpaired) electrons. The third-order valence-electron chi connectivity index (χ3n) is 4.26. The Kier molecular flexibility index (Phi) is 5.71. The molecule has 1 aliphatic heterocycles. The SMILES string of the molecule is CC(C)(C)N1CCN(C(CN)c2ccc(Cl)c(Br)c2)CC1. The molecule has 3 nitrogen and oxygen atoms in total. The van der Waals surface area contributed by atoms with E-state index in [1.54, 1.807) is 0 Å². The Labute approximate surface area is 141 Å². The maximum absolute atomic E-state index is 6.09. The number of piperazine rings is 1. The van der Waals surface area contributed by atoms with Gasteiger partial charge in [-0.3, -0.25) is 9.80 Å². The van der Waals surface area contributed by atoms with Crippen molar-refractivity contribution in [1.29, 1.82) is 0 Å².